The Balaban J connectivity index is 1.27. The van der Waals surface area contributed by atoms with Crippen molar-refractivity contribution in [2.45, 2.75) is 149 Å². The highest BCUT2D eigenvalue weighted by atomic mass is 16.8. The maximum absolute atomic E-state index is 13.9. The first-order chi connectivity index (χ1) is 33.0. The molecule has 0 bridgehead atoms. The number of aliphatic hydroxyl groups is 5. The molecule has 3 heterocycles. The lowest BCUT2D eigenvalue weighted by Gasteiger charge is -2.46. The fraction of sp³-hybridized carbons (Fsp3) is 0.667. The van der Waals surface area contributed by atoms with Crippen molar-refractivity contribution in [1.82, 2.24) is 4.90 Å². The third kappa shape index (κ3) is 12.3. The molecule has 29 heteroatoms. The minimum absolute atomic E-state index is 0.0144. The Bertz CT molecular complexity index is 2230. The molecule has 4 aliphatic rings. The molecule has 68 heavy (non-hydrogen) atoms. The minimum Gasteiger partial charge on any atom is -0.445 e. The van der Waals surface area contributed by atoms with Crippen LogP contribution in [0.4, 0.5) is 4.79 Å². The first-order valence-electron chi connectivity index (χ1n) is 21.4. The molecule has 0 aromatic heterocycles. The Hall–Kier alpha value is -6.18. The monoisotopic (exact) mass is 950 g/mol. The van der Waals surface area contributed by atoms with Crippen molar-refractivity contribution in [3.63, 3.8) is 0 Å². The van der Waals surface area contributed by atoms with Crippen molar-refractivity contribution in [3.05, 3.63) is 124 Å². The molecule has 364 valence electrons. The van der Waals surface area contributed by atoms with Gasteiger partial charge < -0.3 is 58.7 Å². The lowest BCUT2D eigenvalue weighted by atomic mass is 9.84. The third-order valence-electron chi connectivity index (χ3n) is 12.1. The minimum atomic E-state index is -1.89. The van der Waals surface area contributed by atoms with Crippen LogP contribution in [0.15, 0.2) is 86.2 Å². The maximum Gasteiger partial charge on any atom is 0.410 e. The van der Waals surface area contributed by atoms with Gasteiger partial charge in [0.05, 0.1) is 67.8 Å². The van der Waals surface area contributed by atoms with Crippen LogP contribution in [0, 0.1) is 0 Å². The number of aliphatic hydroxyl groups excluding tert-OH is 5. The van der Waals surface area contributed by atoms with Crippen LogP contribution in [0.5, 0.6) is 0 Å². The summed E-state index contributed by atoms with van der Waals surface area (Å²) in [6.45, 7) is 0.519. The summed E-state index contributed by atoms with van der Waals surface area (Å²) in [7, 11) is 0. The summed E-state index contributed by atoms with van der Waals surface area (Å²) in [4.78, 5) is 29.3. The van der Waals surface area contributed by atoms with Crippen LogP contribution in [-0.4, -0.2) is 160 Å². The Labute approximate surface area is 386 Å². The van der Waals surface area contributed by atoms with Gasteiger partial charge in [0.1, 0.15) is 43.2 Å². The molecule has 0 radical (unpaired) electrons. The highest BCUT2D eigenvalue weighted by molar-refractivity contribution is 5.68. The van der Waals surface area contributed by atoms with Crippen LogP contribution in [0.2, 0.25) is 0 Å². The molecule has 4 fully saturated rings. The number of hydrogen-bond acceptors (Lipinski definition) is 18. The van der Waals surface area contributed by atoms with Crippen molar-refractivity contribution in [3.8, 4) is 0 Å². The molecule has 0 unspecified atom stereocenters. The Morgan fingerprint density at radius 3 is 1.93 bits per heavy atom. The van der Waals surface area contributed by atoms with E-state index in [-0.39, 0.29) is 32.4 Å². The van der Waals surface area contributed by atoms with Crippen LogP contribution in [0.25, 0.3) is 52.2 Å². The van der Waals surface area contributed by atoms with Gasteiger partial charge in [0.15, 0.2) is 18.9 Å². The second-order valence-corrected chi connectivity index (χ2v) is 16.2. The first kappa shape index (κ1) is 51.2. The number of nitrogens with zero attached hydrogens (tertiary/aromatic N) is 16. The van der Waals surface area contributed by atoms with Gasteiger partial charge in [0, 0.05) is 31.1 Å². The fourth-order valence-corrected chi connectivity index (χ4v) is 8.53. The lowest BCUT2D eigenvalue weighted by molar-refractivity contribution is -0.291. The number of hydrogen-bond donors (Lipinski definition) is 5. The Kier molecular flexibility index (Phi) is 18.6. The topological polar surface area (TPSA) is 430 Å². The Morgan fingerprint density at radius 1 is 0.676 bits per heavy atom. The summed E-state index contributed by atoms with van der Waals surface area (Å²) in [5, 5.41) is 73.4. The van der Waals surface area contributed by atoms with Crippen LogP contribution < -0.4 is 0 Å². The van der Waals surface area contributed by atoms with Crippen LogP contribution in [0.3, 0.4) is 0 Å². The molecule has 1 saturated carbocycles. The zero-order valence-electron chi connectivity index (χ0n) is 36.3. The molecule has 6 rings (SSSR count). The predicted molar refractivity (Wildman–Crippen MR) is 229 cm³/mol. The normalized spacial score (nSPS) is 34.8. The van der Waals surface area contributed by atoms with Crippen molar-refractivity contribution < 1.29 is 63.5 Å². The van der Waals surface area contributed by atoms with Gasteiger partial charge in [-0.15, -0.1) is 0 Å². The molecule has 1 amide bonds. The van der Waals surface area contributed by atoms with Crippen molar-refractivity contribution in [1.29, 1.82) is 0 Å². The van der Waals surface area contributed by atoms with E-state index in [0.29, 0.717) is 0 Å². The van der Waals surface area contributed by atoms with E-state index in [9.17, 15) is 52.5 Å². The van der Waals surface area contributed by atoms with E-state index in [1.807, 2.05) is 60.7 Å². The third-order valence-corrected chi connectivity index (χ3v) is 12.1. The van der Waals surface area contributed by atoms with E-state index in [4.69, 9.17) is 38.7 Å². The second-order valence-electron chi connectivity index (χ2n) is 16.2. The summed E-state index contributed by atoms with van der Waals surface area (Å²) in [6.07, 6.45) is -21.2. The van der Waals surface area contributed by atoms with Gasteiger partial charge in [-0.05, 0) is 65.0 Å². The smallest absolute Gasteiger partial charge is 0.410 e. The van der Waals surface area contributed by atoms with Crippen molar-refractivity contribution >= 4 is 6.09 Å². The first-order valence-corrected chi connectivity index (χ1v) is 21.4. The Morgan fingerprint density at radius 2 is 1.28 bits per heavy atom. The van der Waals surface area contributed by atoms with Gasteiger partial charge in [0.2, 0.25) is 0 Å². The molecule has 3 aliphatic heterocycles. The van der Waals surface area contributed by atoms with E-state index in [0.717, 1.165) is 11.1 Å². The van der Waals surface area contributed by atoms with E-state index < -0.39 is 129 Å². The van der Waals surface area contributed by atoms with Crippen LogP contribution >= 0.6 is 0 Å². The molecule has 1 aliphatic carbocycles. The molecule has 2 aromatic carbocycles. The maximum atomic E-state index is 13.9. The van der Waals surface area contributed by atoms with Gasteiger partial charge in [0.25, 0.3) is 0 Å². The number of carbonyl (C=O) groups is 1. The summed E-state index contributed by atoms with van der Waals surface area (Å²) in [5.41, 5.74) is 48.3. The van der Waals surface area contributed by atoms with E-state index in [2.05, 4.69) is 50.1 Å². The highest BCUT2D eigenvalue weighted by Gasteiger charge is 2.55. The standard InChI is InChI=1S/C39H50N16O13/c1-19(55(16-20-8-4-2-5-9-20)39(61)62-18-21-10-6-3-7-11-21)25-13-12-22(46-51-41)36(63-25)66-33-24(48-53-43)14-23(47-52-42)29(57)35(33)68-38-32(60)34(27(17-56)65-38)67-37-28(49-54-44)31(59)30(58)26(64-37)15-45-50-40/h2-11,19,22-38,56-60H,12-18H2,1H3/t19-,22-,23-,24+,25+,26+,27-,28-,29+,30-,31-,32-,33-,34-,35-,36-,37-,38+/m1/s1. The van der Waals surface area contributed by atoms with Gasteiger partial charge in [-0.25, -0.2) is 4.79 Å². The van der Waals surface area contributed by atoms with Gasteiger partial charge in [-0.2, -0.15) is 0 Å². The van der Waals surface area contributed by atoms with Gasteiger partial charge in [-0.3, -0.25) is 4.90 Å². The number of carbonyl (C=O) groups excluding carboxylic acids is 1. The van der Waals surface area contributed by atoms with E-state index >= 15 is 0 Å². The van der Waals surface area contributed by atoms with E-state index in [1.165, 1.54) is 4.90 Å². The van der Waals surface area contributed by atoms with Gasteiger partial charge in [-0.1, -0.05) is 86.2 Å². The lowest BCUT2D eigenvalue weighted by Crippen LogP contribution is -2.61. The average molecular weight is 951 g/mol. The molecule has 2 aromatic rings. The summed E-state index contributed by atoms with van der Waals surface area (Å²) in [6, 6.07) is 12.3. The molecule has 3 saturated heterocycles. The number of rotatable bonds is 19. The van der Waals surface area contributed by atoms with Gasteiger partial charge >= 0.3 is 6.09 Å². The highest BCUT2D eigenvalue weighted by Crippen LogP contribution is 2.38. The molecule has 0 spiro atoms. The number of amides is 1. The fourth-order valence-electron chi connectivity index (χ4n) is 8.53. The quantitative estimate of drug-likeness (QED) is 0.0750. The number of azide groups is 5. The SMILES string of the molecule is C[C@H]([C@@H]1CC[C@@H](N=[N+]=[N-])[C@@H](O[C@H]2[C@H](O[C@@H]3O[C@H](CO)[C@@H](O[C@H]4O[C@@H](CN=[N+]=[N-])[C@@H](O)[C@H](O)[C@H]4N=[N+]=[N-])[C@H]3O)[C@@H](O)[C@H](N=[N+]=[N-])C[C@@H]2N=[N+]=[N-])O1)N(Cc1ccccc1)C(=O)OCc1ccccc1. The summed E-state index contributed by atoms with van der Waals surface area (Å²) < 4.78 is 42.4. The summed E-state index contributed by atoms with van der Waals surface area (Å²) >= 11 is 0. The number of ether oxygens (including phenoxy) is 7. The molecular formula is C39H50N16O13. The number of benzene rings is 2. The second kappa shape index (κ2) is 24.7. The molecule has 18 atom stereocenters. The van der Waals surface area contributed by atoms with Crippen LogP contribution in [-0.2, 0) is 46.3 Å². The largest absolute Gasteiger partial charge is 0.445 e. The van der Waals surface area contributed by atoms with Crippen LogP contribution in [0.1, 0.15) is 37.3 Å². The molecule has 29 nitrogen and oxygen atoms in total. The molecular weight excluding hydrogens is 901 g/mol. The average Bonchev–Trinajstić information content (AvgIpc) is 3.65. The zero-order valence-corrected chi connectivity index (χ0v) is 36.3. The molecule has 5 N–H and O–H groups in total. The summed E-state index contributed by atoms with van der Waals surface area (Å²) in [5.74, 6) is 0. The van der Waals surface area contributed by atoms with Crippen molar-refractivity contribution in [2.75, 3.05) is 13.2 Å². The predicted octanol–water partition coefficient (Wildman–Crippen LogP) is 4.19. The van der Waals surface area contributed by atoms with Crippen molar-refractivity contribution in [2.24, 2.45) is 25.6 Å². The van der Waals surface area contributed by atoms with E-state index in [1.54, 1.807) is 6.92 Å². The zero-order chi connectivity index (χ0) is 48.7.